The van der Waals surface area contributed by atoms with E-state index >= 15 is 0 Å². The first kappa shape index (κ1) is 21.2. The van der Waals surface area contributed by atoms with E-state index in [-0.39, 0.29) is 11.0 Å². The summed E-state index contributed by atoms with van der Waals surface area (Å²) in [5.41, 5.74) is -0.00677. The van der Waals surface area contributed by atoms with Gasteiger partial charge in [0.25, 0.3) is 5.91 Å². The zero-order chi connectivity index (χ0) is 21.2. The monoisotopic (exact) mass is 421 g/mol. The maximum Gasteiger partial charge on any atom is 0.417 e. The minimum atomic E-state index is -4.50. The van der Waals surface area contributed by atoms with E-state index in [9.17, 15) is 18.0 Å². The molecule has 0 bridgehead atoms. The smallest absolute Gasteiger partial charge is 0.345 e. The summed E-state index contributed by atoms with van der Waals surface area (Å²) < 4.78 is 39.1. The third kappa shape index (κ3) is 5.10. The molecule has 1 fully saturated rings. The Bertz CT molecular complexity index is 942. The molecule has 1 aliphatic rings. The second-order valence-corrected chi connectivity index (χ2v) is 8.67. The first-order chi connectivity index (χ1) is 13.6. The molecule has 1 aliphatic heterocycles. The van der Waals surface area contributed by atoms with Crippen LogP contribution in [0.2, 0.25) is 0 Å². The average molecular weight is 421 g/mol. The molecule has 0 saturated carbocycles. The van der Waals surface area contributed by atoms with Gasteiger partial charge in [0.15, 0.2) is 5.13 Å². The zero-order valence-corrected chi connectivity index (χ0v) is 17.3. The number of alkyl halides is 3. The molecule has 0 radical (unpaired) electrons. The normalized spacial score (nSPS) is 15.1. The van der Waals surface area contributed by atoms with Gasteiger partial charge in [-0.25, -0.2) is 4.98 Å². The lowest BCUT2D eigenvalue weighted by molar-refractivity contribution is -0.137. The van der Waals surface area contributed by atoms with Crippen molar-refractivity contribution in [2.24, 2.45) is 0 Å². The second kappa shape index (κ2) is 8.07. The van der Waals surface area contributed by atoms with Crippen LogP contribution < -0.4 is 4.90 Å². The maximum atomic E-state index is 13.0. The summed E-state index contributed by atoms with van der Waals surface area (Å²) in [5.74, 6) is 4.30. The molecular formula is C21H22F3N3OS. The average Bonchev–Trinajstić information content (AvgIpc) is 3.16. The van der Waals surface area contributed by atoms with Crippen LogP contribution in [-0.4, -0.2) is 42.0 Å². The summed E-state index contributed by atoms with van der Waals surface area (Å²) >= 11 is 1.58. The Balaban J connectivity index is 1.64. The fourth-order valence-corrected chi connectivity index (χ4v) is 4.00. The molecule has 4 nitrogen and oxygen atoms in total. The van der Waals surface area contributed by atoms with Crippen molar-refractivity contribution in [2.45, 2.75) is 32.4 Å². The van der Waals surface area contributed by atoms with E-state index in [4.69, 9.17) is 4.98 Å². The molecule has 29 heavy (non-hydrogen) atoms. The van der Waals surface area contributed by atoms with Gasteiger partial charge in [-0.2, -0.15) is 13.2 Å². The molecule has 3 rings (SSSR count). The van der Waals surface area contributed by atoms with Crippen molar-refractivity contribution in [3.8, 4) is 11.8 Å². The van der Waals surface area contributed by atoms with Gasteiger partial charge in [0, 0.05) is 48.5 Å². The third-order valence-electron chi connectivity index (χ3n) is 4.63. The van der Waals surface area contributed by atoms with Gasteiger partial charge in [-0.05, 0) is 12.1 Å². The maximum absolute atomic E-state index is 13.0. The molecule has 2 heterocycles. The summed E-state index contributed by atoms with van der Waals surface area (Å²) in [6.45, 7) is 8.47. The Kier molecular flexibility index (Phi) is 5.90. The molecule has 0 unspecified atom stereocenters. The zero-order valence-electron chi connectivity index (χ0n) is 16.5. The van der Waals surface area contributed by atoms with Crippen LogP contribution >= 0.6 is 11.3 Å². The highest BCUT2D eigenvalue weighted by molar-refractivity contribution is 7.13. The molecule has 2 aromatic rings. The summed E-state index contributed by atoms with van der Waals surface area (Å²) in [4.78, 5) is 20.7. The minimum Gasteiger partial charge on any atom is -0.345 e. The number of anilines is 1. The van der Waals surface area contributed by atoms with Crippen LogP contribution in [-0.2, 0) is 16.4 Å². The predicted octanol–water partition coefficient (Wildman–Crippen LogP) is 4.16. The Hall–Kier alpha value is -2.53. The number of thiazole rings is 1. The molecular weight excluding hydrogens is 399 g/mol. The van der Waals surface area contributed by atoms with Crippen molar-refractivity contribution in [1.82, 2.24) is 9.88 Å². The van der Waals surface area contributed by atoms with Crippen molar-refractivity contribution in [2.75, 3.05) is 31.1 Å². The molecule has 8 heteroatoms. The number of halogens is 3. The highest BCUT2D eigenvalue weighted by atomic mass is 32.1. The molecule has 1 amide bonds. The van der Waals surface area contributed by atoms with Crippen molar-refractivity contribution < 1.29 is 18.0 Å². The Morgan fingerprint density at radius 2 is 1.76 bits per heavy atom. The molecule has 0 atom stereocenters. The van der Waals surface area contributed by atoms with Crippen LogP contribution in [0.4, 0.5) is 18.3 Å². The lowest BCUT2D eigenvalue weighted by Crippen LogP contribution is -2.48. The Morgan fingerprint density at radius 3 is 2.34 bits per heavy atom. The number of aromatic nitrogens is 1. The van der Waals surface area contributed by atoms with E-state index < -0.39 is 17.6 Å². The topological polar surface area (TPSA) is 36.4 Å². The fourth-order valence-electron chi connectivity index (χ4n) is 2.89. The predicted molar refractivity (Wildman–Crippen MR) is 108 cm³/mol. The van der Waals surface area contributed by atoms with E-state index in [1.54, 1.807) is 16.2 Å². The number of nitrogens with zero attached hydrogens (tertiary/aromatic N) is 3. The molecule has 1 aromatic carbocycles. The number of hydrogen-bond donors (Lipinski definition) is 0. The van der Waals surface area contributed by atoms with E-state index in [1.165, 1.54) is 18.2 Å². The van der Waals surface area contributed by atoms with Crippen LogP contribution in [0.5, 0.6) is 0 Å². The quantitative estimate of drug-likeness (QED) is 0.649. The van der Waals surface area contributed by atoms with E-state index in [0.29, 0.717) is 26.2 Å². The van der Waals surface area contributed by atoms with Gasteiger partial charge in [0.05, 0.1) is 11.3 Å². The van der Waals surface area contributed by atoms with Gasteiger partial charge in [-0.1, -0.05) is 38.8 Å². The number of benzene rings is 1. The van der Waals surface area contributed by atoms with Crippen LogP contribution in [0.1, 0.15) is 37.6 Å². The van der Waals surface area contributed by atoms with Gasteiger partial charge >= 0.3 is 6.18 Å². The number of carbonyl (C=O) groups excluding carboxylic acids is 1. The number of piperazine rings is 1. The number of rotatable bonds is 1. The van der Waals surface area contributed by atoms with Crippen LogP contribution in [0, 0.1) is 11.8 Å². The summed E-state index contributed by atoms with van der Waals surface area (Å²) in [5, 5.41) is 2.98. The van der Waals surface area contributed by atoms with Gasteiger partial charge in [-0.3, -0.25) is 4.79 Å². The summed E-state index contributed by atoms with van der Waals surface area (Å²) in [7, 11) is 0. The van der Waals surface area contributed by atoms with Gasteiger partial charge in [0.2, 0.25) is 0 Å². The first-order valence-corrected chi connectivity index (χ1v) is 10.1. The number of amides is 1. The van der Waals surface area contributed by atoms with Crippen molar-refractivity contribution in [3.63, 3.8) is 0 Å². The standard InChI is InChI=1S/C21H22F3N3OS/c1-20(2,3)17-14-29-19(25-17)27-12-10-26(11-13-27)18(28)9-8-15-6-4-5-7-16(15)21(22,23)24/h4-7,14H,10-13H2,1-3H3. The Labute approximate surface area is 172 Å². The molecule has 0 N–H and O–H groups in total. The largest absolute Gasteiger partial charge is 0.417 e. The van der Waals surface area contributed by atoms with E-state index in [0.717, 1.165) is 16.9 Å². The summed E-state index contributed by atoms with van der Waals surface area (Å²) in [6, 6.07) is 5.02. The Morgan fingerprint density at radius 1 is 1.10 bits per heavy atom. The lowest BCUT2D eigenvalue weighted by Gasteiger charge is -2.33. The third-order valence-corrected chi connectivity index (χ3v) is 5.54. The highest BCUT2D eigenvalue weighted by Gasteiger charge is 2.32. The lowest BCUT2D eigenvalue weighted by atomic mass is 9.93. The highest BCUT2D eigenvalue weighted by Crippen LogP contribution is 2.31. The molecule has 0 aliphatic carbocycles. The van der Waals surface area contributed by atoms with Gasteiger partial charge < -0.3 is 9.80 Å². The van der Waals surface area contributed by atoms with Gasteiger partial charge in [-0.15, -0.1) is 11.3 Å². The van der Waals surface area contributed by atoms with Gasteiger partial charge in [0.1, 0.15) is 0 Å². The molecule has 154 valence electrons. The molecule has 0 spiro atoms. The van der Waals surface area contributed by atoms with E-state index in [1.807, 2.05) is 0 Å². The fraction of sp³-hybridized carbons (Fsp3) is 0.429. The SMILES string of the molecule is CC(C)(C)c1csc(N2CCN(C(=O)C#Cc3ccccc3C(F)(F)F)CC2)n1. The van der Waals surface area contributed by atoms with Crippen LogP contribution in [0.25, 0.3) is 0 Å². The first-order valence-electron chi connectivity index (χ1n) is 9.24. The van der Waals surface area contributed by atoms with Crippen molar-refractivity contribution in [1.29, 1.82) is 0 Å². The van der Waals surface area contributed by atoms with Crippen molar-refractivity contribution in [3.05, 3.63) is 46.5 Å². The van der Waals surface area contributed by atoms with Crippen LogP contribution in [0.15, 0.2) is 29.6 Å². The second-order valence-electron chi connectivity index (χ2n) is 7.84. The van der Waals surface area contributed by atoms with Crippen LogP contribution in [0.3, 0.4) is 0 Å². The number of hydrogen-bond acceptors (Lipinski definition) is 4. The van der Waals surface area contributed by atoms with Crippen molar-refractivity contribution >= 4 is 22.4 Å². The minimum absolute atomic E-state index is 0.0190. The molecule has 1 saturated heterocycles. The number of carbonyl (C=O) groups is 1. The summed E-state index contributed by atoms with van der Waals surface area (Å²) in [6.07, 6.45) is -4.50. The van der Waals surface area contributed by atoms with E-state index in [2.05, 4.69) is 42.9 Å². The molecule has 1 aromatic heterocycles.